The number of carbonyl (C=O) groups excluding carboxylic acids is 1. The van der Waals surface area contributed by atoms with E-state index in [1.807, 2.05) is 0 Å². The highest BCUT2D eigenvalue weighted by Gasteiger charge is 2.12. The predicted octanol–water partition coefficient (Wildman–Crippen LogP) is 2.34. The zero-order valence-electron chi connectivity index (χ0n) is 7.98. The van der Waals surface area contributed by atoms with Crippen LogP contribution in [0.2, 0.25) is 0 Å². The third-order valence-corrected chi connectivity index (χ3v) is 1.78. The molecular weight excluding hydrogens is 176 g/mol. The maximum absolute atomic E-state index is 11.6. The van der Waals surface area contributed by atoms with Gasteiger partial charge in [-0.3, -0.25) is 4.79 Å². The maximum atomic E-state index is 11.6. The monoisotopic (exact) mass is 193 g/mol. The van der Waals surface area contributed by atoms with E-state index in [-0.39, 0.29) is 0 Å². The number of hydrogen-bond acceptors (Lipinski definition) is 1. The molecule has 0 aromatic heterocycles. The van der Waals surface area contributed by atoms with E-state index in [9.17, 15) is 13.6 Å². The van der Waals surface area contributed by atoms with Crippen molar-refractivity contribution < 1.29 is 13.6 Å². The summed E-state index contributed by atoms with van der Waals surface area (Å²) in [6.45, 7) is 2.48. The van der Waals surface area contributed by atoms with Gasteiger partial charge in [-0.25, -0.2) is 0 Å². The molecule has 0 aromatic carbocycles. The Hall–Kier alpha value is -0.670. The Labute approximate surface area is 77.7 Å². The van der Waals surface area contributed by atoms with Crippen LogP contribution >= 0.6 is 0 Å². The van der Waals surface area contributed by atoms with Crippen LogP contribution in [-0.4, -0.2) is 18.9 Å². The normalized spacial score (nSPS) is 10.5. The Balaban J connectivity index is 3.12. The van der Waals surface area contributed by atoms with Gasteiger partial charge in [0.25, 0.3) is 5.91 Å². The van der Waals surface area contributed by atoms with Gasteiger partial charge in [0.2, 0.25) is 0 Å². The smallest absolute Gasteiger partial charge is 0.315 e. The lowest BCUT2D eigenvalue weighted by Crippen LogP contribution is -2.30. The van der Waals surface area contributed by atoms with Crippen molar-refractivity contribution in [2.24, 2.45) is 0 Å². The summed E-state index contributed by atoms with van der Waals surface area (Å²) in [5.41, 5.74) is 0. The summed E-state index contributed by atoms with van der Waals surface area (Å²) in [6, 6.07) is 0. The first-order valence-corrected chi connectivity index (χ1v) is 4.74. The second-order valence-corrected chi connectivity index (χ2v) is 3.01. The van der Waals surface area contributed by atoms with Crippen LogP contribution < -0.4 is 5.32 Å². The van der Waals surface area contributed by atoms with Crippen molar-refractivity contribution in [3.63, 3.8) is 0 Å². The average Bonchev–Trinajstić information content (AvgIpc) is 2.10. The van der Waals surface area contributed by atoms with E-state index >= 15 is 0 Å². The van der Waals surface area contributed by atoms with Crippen molar-refractivity contribution >= 4 is 5.91 Å². The van der Waals surface area contributed by atoms with Gasteiger partial charge in [-0.15, -0.1) is 0 Å². The molecule has 0 atom stereocenters. The Kier molecular flexibility index (Phi) is 7.54. The first kappa shape index (κ1) is 12.3. The lowest BCUT2D eigenvalue weighted by atomic mass is 10.1. The Bertz CT molecular complexity index is 140. The van der Waals surface area contributed by atoms with Gasteiger partial charge in [0, 0.05) is 6.54 Å². The molecule has 2 nitrogen and oxygen atoms in total. The van der Waals surface area contributed by atoms with E-state index in [2.05, 4.69) is 12.2 Å². The molecular formula is C9H17F2NO. The molecule has 13 heavy (non-hydrogen) atoms. The highest BCUT2D eigenvalue weighted by atomic mass is 19.3. The molecule has 1 N–H and O–H groups in total. The fourth-order valence-corrected chi connectivity index (χ4v) is 1.02. The van der Waals surface area contributed by atoms with Crippen molar-refractivity contribution in [2.75, 3.05) is 6.54 Å². The second-order valence-electron chi connectivity index (χ2n) is 3.01. The summed E-state index contributed by atoms with van der Waals surface area (Å²) in [4.78, 5) is 10.4. The quantitative estimate of drug-likeness (QED) is 0.618. The molecule has 0 radical (unpaired) electrons. The summed E-state index contributed by atoms with van der Waals surface area (Å²) in [6.07, 6.45) is 2.35. The third kappa shape index (κ3) is 7.68. The van der Waals surface area contributed by atoms with Crippen LogP contribution in [0.4, 0.5) is 8.78 Å². The summed E-state index contributed by atoms with van der Waals surface area (Å²) >= 11 is 0. The number of carbonyl (C=O) groups is 1. The molecule has 0 saturated carbocycles. The molecule has 0 bridgehead atoms. The van der Waals surface area contributed by atoms with Crippen LogP contribution in [0.1, 0.15) is 39.0 Å². The fraction of sp³-hybridized carbons (Fsp3) is 0.889. The number of rotatable bonds is 7. The number of unbranched alkanes of at least 4 members (excludes halogenated alkanes) is 4. The van der Waals surface area contributed by atoms with Crippen molar-refractivity contribution in [3.8, 4) is 0 Å². The Morgan fingerprint density at radius 3 is 2.38 bits per heavy atom. The number of alkyl halides is 2. The SMILES string of the molecule is CCCCCCCNC(=O)C(F)F. The van der Waals surface area contributed by atoms with Crippen LogP contribution in [0.3, 0.4) is 0 Å². The Morgan fingerprint density at radius 2 is 1.85 bits per heavy atom. The van der Waals surface area contributed by atoms with E-state index in [1.165, 1.54) is 6.42 Å². The number of halogens is 2. The van der Waals surface area contributed by atoms with Crippen molar-refractivity contribution in [1.82, 2.24) is 5.32 Å². The topological polar surface area (TPSA) is 29.1 Å². The molecule has 0 aliphatic carbocycles. The van der Waals surface area contributed by atoms with E-state index in [0.717, 1.165) is 25.7 Å². The van der Waals surface area contributed by atoms with Gasteiger partial charge in [0.15, 0.2) is 0 Å². The van der Waals surface area contributed by atoms with Crippen LogP contribution in [0, 0.1) is 0 Å². The fourth-order valence-electron chi connectivity index (χ4n) is 1.02. The standard InChI is InChI=1S/C9H17F2NO/c1-2-3-4-5-6-7-12-9(13)8(10)11/h8H,2-7H2,1H3,(H,12,13). The van der Waals surface area contributed by atoms with Crippen LogP contribution in [0.25, 0.3) is 0 Å². The van der Waals surface area contributed by atoms with Crippen LogP contribution in [0.15, 0.2) is 0 Å². The molecule has 1 amide bonds. The first-order chi connectivity index (χ1) is 6.18. The van der Waals surface area contributed by atoms with E-state index in [0.29, 0.717) is 6.54 Å². The highest BCUT2D eigenvalue weighted by molar-refractivity contribution is 5.78. The second kappa shape index (κ2) is 7.95. The molecule has 0 fully saturated rings. The molecule has 0 aliphatic rings. The molecule has 0 aliphatic heterocycles. The van der Waals surface area contributed by atoms with Gasteiger partial charge in [-0.05, 0) is 6.42 Å². The Morgan fingerprint density at radius 1 is 1.23 bits per heavy atom. The summed E-state index contributed by atoms with van der Waals surface area (Å²) in [7, 11) is 0. The molecule has 0 heterocycles. The van der Waals surface area contributed by atoms with Gasteiger partial charge < -0.3 is 5.32 Å². The number of hydrogen-bond donors (Lipinski definition) is 1. The minimum Gasteiger partial charge on any atom is -0.351 e. The van der Waals surface area contributed by atoms with E-state index in [1.54, 1.807) is 0 Å². The average molecular weight is 193 g/mol. The lowest BCUT2D eigenvalue weighted by Gasteiger charge is -2.03. The molecule has 0 aromatic rings. The number of nitrogens with one attached hydrogen (secondary N) is 1. The van der Waals surface area contributed by atoms with Crippen molar-refractivity contribution in [3.05, 3.63) is 0 Å². The molecule has 0 spiro atoms. The number of amides is 1. The van der Waals surface area contributed by atoms with Crippen LogP contribution in [0.5, 0.6) is 0 Å². The van der Waals surface area contributed by atoms with Gasteiger partial charge in [-0.1, -0.05) is 32.6 Å². The van der Waals surface area contributed by atoms with Crippen molar-refractivity contribution in [2.45, 2.75) is 45.5 Å². The van der Waals surface area contributed by atoms with E-state index in [4.69, 9.17) is 0 Å². The zero-order chi connectivity index (χ0) is 10.1. The predicted molar refractivity (Wildman–Crippen MR) is 47.8 cm³/mol. The van der Waals surface area contributed by atoms with Crippen molar-refractivity contribution in [1.29, 1.82) is 0 Å². The van der Waals surface area contributed by atoms with Gasteiger partial charge >= 0.3 is 6.43 Å². The maximum Gasteiger partial charge on any atom is 0.315 e. The van der Waals surface area contributed by atoms with E-state index < -0.39 is 12.3 Å². The van der Waals surface area contributed by atoms with Crippen LogP contribution in [-0.2, 0) is 4.79 Å². The summed E-state index contributed by atoms with van der Waals surface area (Å²) in [5.74, 6) is -1.16. The molecule has 0 saturated heterocycles. The zero-order valence-corrected chi connectivity index (χ0v) is 7.98. The van der Waals surface area contributed by atoms with Gasteiger partial charge in [0.05, 0.1) is 0 Å². The minimum absolute atomic E-state index is 0.368. The summed E-state index contributed by atoms with van der Waals surface area (Å²) in [5, 5.41) is 2.17. The highest BCUT2D eigenvalue weighted by Crippen LogP contribution is 2.01. The molecule has 0 unspecified atom stereocenters. The summed E-state index contributed by atoms with van der Waals surface area (Å²) < 4.78 is 23.3. The minimum atomic E-state index is -2.88. The first-order valence-electron chi connectivity index (χ1n) is 4.74. The molecule has 4 heteroatoms. The third-order valence-electron chi connectivity index (χ3n) is 1.78. The largest absolute Gasteiger partial charge is 0.351 e. The van der Waals surface area contributed by atoms with Gasteiger partial charge in [0.1, 0.15) is 0 Å². The molecule has 0 rings (SSSR count). The lowest BCUT2D eigenvalue weighted by molar-refractivity contribution is -0.131. The molecule has 78 valence electrons. The van der Waals surface area contributed by atoms with Gasteiger partial charge in [-0.2, -0.15) is 8.78 Å².